The molecule has 0 amide bonds. The van der Waals surface area contributed by atoms with E-state index in [1.165, 1.54) is 24.4 Å². The molecule has 1 fully saturated rings. The zero-order valence-electron chi connectivity index (χ0n) is 8.95. The van der Waals surface area contributed by atoms with Gasteiger partial charge in [-0.05, 0) is 18.8 Å². The van der Waals surface area contributed by atoms with Crippen molar-refractivity contribution >= 4 is 28.3 Å². The molecule has 2 heterocycles. The fourth-order valence-corrected chi connectivity index (χ4v) is 2.92. The van der Waals surface area contributed by atoms with Crippen LogP contribution in [0.2, 0.25) is 0 Å². The third-order valence-electron chi connectivity index (χ3n) is 2.78. The zero-order chi connectivity index (χ0) is 10.7. The van der Waals surface area contributed by atoms with Crippen molar-refractivity contribution in [1.82, 2.24) is 9.36 Å². The minimum Gasteiger partial charge on any atom is -0.347 e. The minimum absolute atomic E-state index is 0.620. The lowest BCUT2D eigenvalue weighted by Crippen LogP contribution is -2.36. The first kappa shape index (κ1) is 11.1. The quantitative estimate of drug-likeness (QED) is 0.767. The van der Waals surface area contributed by atoms with E-state index in [4.69, 9.17) is 11.6 Å². The molecule has 0 saturated carbocycles. The molecule has 0 spiro atoms. The fourth-order valence-electron chi connectivity index (χ4n) is 1.88. The second kappa shape index (κ2) is 5.12. The number of halogens is 1. The maximum atomic E-state index is 5.91. The molecule has 0 bridgehead atoms. The number of hydrogen-bond acceptors (Lipinski definition) is 4. The van der Waals surface area contributed by atoms with Gasteiger partial charge in [0.2, 0.25) is 5.13 Å². The molecule has 15 heavy (non-hydrogen) atoms. The molecule has 0 N–H and O–H groups in total. The maximum absolute atomic E-state index is 5.91. The van der Waals surface area contributed by atoms with E-state index in [1.54, 1.807) is 0 Å². The van der Waals surface area contributed by atoms with Crippen molar-refractivity contribution < 1.29 is 0 Å². The van der Waals surface area contributed by atoms with Crippen molar-refractivity contribution in [3.63, 3.8) is 0 Å². The second-order valence-electron chi connectivity index (χ2n) is 3.96. The van der Waals surface area contributed by atoms with Gasteiger partial charge in [-0.2, -0.15) is 4.37 Å². The first-order chi connectivity index (χ1) is 7.33. The maximum Gasteiger partial charge on any atom is 0.205 e. The molecule has 2 rings (SSSR count). The highest BCUT2D eigenvalue weighted by molar-refractivity contribution is 7.09. The Morgan fingerprint density at radius 3 is 3.13 bits per heavy atom. The highest BCUT2D eigenvalue weighted by Gasteiger charge is 2.21. The number of hydrogen-bond donors (Lipinski definition) is 0. The van der Waals surface area contributed by atoms with E-state index in [-0.39, 0.29) is 0 Å². The van der Waals surface area contributed by atoms with Crippen LogP contribution in [0.4, 0.5) is 5.13 Å². The molecular formula is C10H16ClN3S. The number of piperidine rings is 1. The van der Waals surface area contributed by atoms with Gasteiger partial charge in [-0.3, -0.25) is 0 Å². The lowest BCUT2D eigenvalue weighted by atomic mass is 10.0. The van der Waals surface area contributed by atoms with Crippen LogP contribution in [0.15, 0.2) is 0 Å². The van der Waals surface area contributed by atoms with Crippen molar-refractivity contribution in [2.24, 2.45) is 5.92 Å². The van der Waals surface area contributed by atoms with Gasteiger partial charge < -0.3 is 4.90 Å². The Hall–Kier alpha value is -0.350. The molecule has 1 unspecified atom stereocenters. The molecule has 0 radical (unpaired) electrons. The van der Waals surface area contributed by atoms with Crippen LogP contribution in [0.3, 0.4) is 0 Å². The molecule has 1 atom stereocenters. The molecular weight excluding hydrogens is 230 g/mol. The molecule has 1 aromatic rings. The molecule has 1 aliphatic rings. The minimum atomic E-state index is 0.620. The highest BCUT2D eigenvalue weighted by Crippen LogP contribution is 2.25. The van der Waals surface area contributed by atoms with E-state index in [0.29, 0.717) is 5.92 Å². The Balaban J connectivity index is 2.03. The Kier molecular flexibility index (Phi) is 3.81. The molecule has 84 valence electrons. The summed E-state index contributed by atoms with van der Waals surface area (Å²) < 4.78 is 4.32. The van der Waals surface area contributed by atoms with E-state index < -0.39 is 0 Å². The van der Waals surface area contributed by atoms with E-state index in [9.17, 15) is 0 Å². The van der Waals surface area contributed by atoms with Gasteiger partial charge in [0.05, 0.1) is 0 Å². The predicted octanol–water partition coefficient (Wildman–Crippen LogP) is 2.56. The van der Waals surface area contributed by atoms with Crippen molar-refractivity contribution in [3.05, 3.63) is 5.82 Å². The largest absolute Gasteiger partial charge is 0.347 e. The van der Waals surface area contributed by atoms with E-state index in [2.05, 4.69) is 21.2 Å². The van der Waals surface area contributed by atoms with Crippen LogP contribution < -0.4 is 4.90 Å². The average Bonchev–Trinajstić information content (AvgIpc) is 2.78. The summed E-state index contributed by atoms with van der Waals surface area (Å²) in [6.45, 7) is 4.23. The van der Waals surface area contributed by atoms with Gasteiger partial charge in [0.15, 0.2) is 0 Å². The number of nitrogens with zero attached hydrogens (tertiary/aromatic N) is 3. The van der Waals surface area contributed by atoms with Crippen LogP contribution in [-0.2, 0) is 6.42 Å². The molecule has 0 aliphatic carbocycles. The Labute approximate surface area is 99.6 Å². The Morgan fingerprint density at radius 2 is 2.47 bits per heavy atom. The van der Waals surface area contributed by atoms with Crippen molar-refractivity contribution in [2.45, 2.75) is 26.2 Å². The summed E-state index contributed by atoms with van der Waals surface area (Å²) in [5, 5.41) is 1.07. The molecule has 1 aromatic heterocycles. The lowest BCUT2D eigenvalue weighted by molar-refractivity contribution is 0.450. The van der Waals surface area contributed by atoms with Gasteiger partial charge in [-0.1, -0.05) is 6.92 Å². The summed E-state index contributed by atoms with van der Waals surface area (Å²) in [5.74, 6) is 2.34. The van der Waals surface area contributed by atoms with Crippen LogP contribution in [0.5, 0.6) is 0 Å². The monoisotopic (exact) mass is 245 g/mol. The average molecular weight is 246 g/mol. The zero-order valence-corrected chi connectivity index (χ0v) is 10.5. The van der Waals surface area contributed by atoms with Gasteiger partial charge in [0, 0.05) is 36.9 Å². The Morgan fingerprint density at radius 1 is 1.60 bits per heavy atom. The number of aryl methyl sites for hydroxylation is 1. The first-order valence-electron chi connectivity index (χ1n) is 5.47. The van der Waals surface area contributed by atoms with Crippen LogP contribution in [0.1, 0.15) is 25.6 Å². The summed E-state index contributed by atoms with van der Waals surface area (Å²) >= 11 is 7.42. The Bertz CT molecular complexity index is 315. The van der Waals surface area contributed by atoms with Crippen LogP contribution >= 0.6 is 23.1 Å². The number of alkyl halides is 1. The summed E-state index contributed by atoms with van der Waals surface area (Å²) in [7, 11) is 0. The van der Waals surface area contributed by atoms with E-state index in [1.807, 2.05) is 0 Å². The van der Waals surface area contributed by atoms with Crippen LogP contribution in [-0.4, -0.2) is 28.3 Å². The third-order valence-corrected chi connectivity index (χ3v) is 4.03. The highest BCUT2D eigenvalue weighted by atomic mass is 35.5. The second-order valence-corrected chi connectivity index (χ2v) is 4.99. The van der Waals surface area contributed by atoms with Crippen molar-refractivity contribution in [2.75, 3.05) is 23.9 Å². The van der Waals surface area contributed by atoms with Crippen LogP contribution in [0, 0.1) is 5.92 Å². The summed E-state index contributed by atoms with van der Waals surface area (Å²) in [4.78, 5) is 6.84. The number of anilines is 1. The smallest absolute Gasteiger partial charge is 0.205 e. The topological polar surface area (TPSA) is 29.0 Å². The van der Waals surface area contributed by atoms with Gasteiger partial charge in [-0.15, -0.1) is 11.6 Å². The van der Waals surface area contributed by atoms with Crippen molar-refractivity contribution in [1.29, 1.82) is 0 Å². The fraction of sp³-hybridized carbons (Fsp3) is 0.800. The standard InChI is InChI=1S/C10H16ClN3S/c1-2-9-12-10(15-13-9)14-5-3-4-8(6-11)7-14/h8H,2-7H2,1H3. The molecule has 3 nitrogen and oxygen atoms in total. The summed E-state index contributed by atoms with van der Waals surface area (Å²) in [5.41, 5.74) is 0. The molecule has 1 saturated heterocycles. The molecule has 0 aromatic carbocycles. The predicted molar refractivity (Wildman–Crippen MR) is 64.9 cm³/mol. The summed E-state index contributed by atoms with van der Waals surface area (Å²) in [6.07, 6.45) is 3.39. The van der Waals surface area contributed by atoms with Crippen LogP contribution in [0.25, 0.3) is 0 Å². The van der Waals surface area contributed by atoms with Gasteiger partial charge in [0.1, 0.15) is 5.82 Å². The summed E-state index contributed by atoms with van der Waals surface area (Å²) in [6, 6.07) is 0. The molecule has 5 heteroatoms. The molecule has 1 aliphatic heterocycles. The lowest BCUT2D eigenvalue weighted by Gasteiger charge is -2.31. The SMILES string of the molecule is CCc1nsc(N2CCCC(CCl)C2)n1. The van der Waals surface area contributed by atoms with Gasteiger partial charge >= 0.3 is 0 Å². The number of rotatable bonds is 3. The van der Waals surface area contributed by atoms with Gasteiger partial charge in [-0.25, -0.2) is 4.98 Å². The van der Waals surface area contributed by atoms with Gasteiger partial charge in [0.25, 0.3) is 0 Å². The van der Waals surface area contributed by atoms with E-state index in [0.717, 1.165) is 36.3 Å². The first-order valence-corrected chi connectivity index (χ1v) is 6.77. The van der Waals surface area contributed by atoms with Crippen molar-refractivity contribution in [3.8, 4) is 0 Å². The number of aromatic nitrogens is 2. The van der Waals surface area contributed by atoms with E-state index >= 15 is 0 Å². The third kappa shape index (κ3) is 2.61. The normalized spacial score (nSPS) is 22.0.